The number of hydrogen-bond acceptors (Lipinski definition) is 5. The summed E-state index contributed by atoms with van der Waals surface area (Å²) in [5, 5.41) is 0. The first-order chi connectivity index (χ1) is 8.72. The number of carbonyl (C=O) groups excluding carboxylic acids is 1. The normalized spacial score (nSPS) is 20.8. The standard InChI is InChI=1S/C12H24N2O3S2/c1-10(9-19(4,16)17)13(3)12(15)11(2)14-5-7-18-8-6-14/h10-11H,5-9H2,1-4H3/t10-,11+/m0/s1. The quantitative estimate of drug-likeness (QED) is 0.732. The summed E-state index contributed by atoms with van der Waals surface area (Å²) in [6, 6.07) is -0.461. The van der Waals surface area contributed by atoms with Gasteiger partial charge in [0.2, 0.25) is 5.91 Å². The first kappa shape index (κ1) is 16.8. The summed E-state index contributed by atoms with van der Waals surface area (Å²) < 4.78 is 22.6. The van der Waals surface area contributed by atoms with E-state index in [0.717, 1.165) is 24.6 Å². The predicted octanol–water partition coefficient (Wildman–Crippen LogP) is 0.315. The second kappa shape index (κ2) is 6.95. The number of likely N-dealkylation sites (N-methyl/N-ethyl adjacent to an activating group) is 1. The molecule has 5 nitrogen and oxygen atoms in total. The van der Waals surface area contributed by atoms with Gasteiger partial charge in [0.25, 0.3) is 0 Å². The number of carbonyl (C=O) groups is 1. The molecule has 0 spiro atoms. The molecule has 0 N–H and O–H groups in total. The molecule has 0 radical (unpaired) electrons. The third-order valence-corrected chi connectivity index (χ3v) is 5.53. The molecular weight excluding hydrogens is 284 g/mol. The molecular formula is C12H24N2O3S2. The number of rotatable bonds is 5. The van der Waals surface area contributed by atoms with Crippen LogP contribution in [0.5, 0.6) is 0 Å². The van der Waals surface area contributed by atoms with Gasteiger partial charge in [0.15, 0.2) is 0 Å². The van der Waals surface area contributed by atoms with Gasteiger partial charge in [-0.05, 0) is 13.8 Å². The summed E-state index contributed by atoms with van der Waals surface area (Å²) in [6.07, 6.45) is 1.20. The van der Waals surface area contributed by atoms with Gasteiger partial charge in [-0.25, -0.2) is 8.42 Å². The maximum atomic E-state index is 12.4. The minimum atomic E-state index is -3.06. The number of sulfone groups is 1. The fourth-order valence-electron chi connectivity index (χ4n) is 2.18. The van der Waals surface area contributed by atoms with Crippen LogP contribution in [0.4, 0.5) is 0 Å². The number of hydrogen-bond donors (Lipinski definition) is 0. The molecule has 1 saturated heterocycles. The topological polar surface area (TPSA) is 57.7 Å². The van der Waals surface area contributed by atoms with E-state index in [0.29, 0.717) is 0 Å². The minimum absolute atomic E-state index is 0.00282. The van der Waals surface area contributed by atoms with Crippen molar-refractivity contribution in [2.24, 2.45) is 0 Å². The Bertz CT molecular complexity index is 405. The molecule has 7 heteroatoms. The summed E-state index contributed by atoms with van der Waals surface area (Å²) >= 11 is 1.90. The largest absolute Gasteiger partial charge is 0.341 e. The Kier molecular flexibility index (Phi) is 6.14. The van der Waals surface area contributed by atoms with Crippen LogP contribution in [-0.4, -0.2) is 79.9 Å². The highest BCUT2D eigenvalue weighted by atomic mass is 32.2. The fraction of sp³-hybridized carbons (Fsp3) is 0.917. The van der Waals surface area contributed by atoms with Gasteiger partial charge >= 0.3 is 0 Å². The summed E-state index contributed by atoms with van der Waals surface area (Å²) in [7, 11) is -1.38. The molecule has 0 aliphatic carbocycles. The Morgan fingerprint density at radius 1 is 1.32 bits per heavy atom. The second-order valence-electron chi connectivity index (χ2n) is 5.21. The lowest BCUT2D eigenvalue weighted by Crippen LogP contribution is -2.51. The molecule has 1 amide bonds. The van der Waals surface area contributed by atoms with Crippen LogP contribution < -0.4 is 0 Å². The lowest BCUT2D eigenvalue weighted by molar-refractivity contribution is -0.136. The van der Waals surface area contributed by atoms with E-state index >= 15 is 0 Å². The van der Waals surface area contributed by atoms with Crippen LogP contribution in [0.15, 0.2) is 0 Å². The van der Waals surface area contributed by atoms with Gasteiger partial charge in [0.05, 0.1) is 11.8 Å². The van der Waals surface area contributed by atoms with Crippen LogP contribution in [0.2, 0.25) is 0 Å². The van der Waals surface area contributed by atoms with Gasteiger partial charge in [-0.3, -0.25) is 9.69 Å². The average Bonchev–Trinajstić information content (AvgIpc) is 2.35. The second-order valence-corrected chi connectivity index (χ2v) is 8.62. The monoisotopic (exact) mass is 308 g/mol. The van der Waals surface area contributed by atoms with Crippen molar-refractivity contribution < 1.29 is 13.2 Å². The zero-order valence-corrected chi connectivity index (χ0v) is 13.8. The van der Waals surface area contributed by atoms with Crippen LogP contribution in [-0.2, 0) is 14.6 Å². The summed E-state index contributed by atoms with van der Waals surface area (Å²) in [5.74, 6) is 2.13. The molecule has 0 aromatic carbocycles. The van der Waals surface area contributed by atoms with E-state index in [-0.39, 0.29) is 23.7 Å². The third-order valence-electron chi connectivity index (χ3n) is 3.50. The van der Waals surface area contributed by atoms with Gasteiger partial charge < -0.3 is 4.90 Å². The van der Waals surface area contributed by atoms with Crippen LogP contribution in [0.25, 0.3) is 0 Å². The van der Waals surface area contributed by atoms with Crippen LogP contribution in [0, 0.1) is 0 Å². The van der Waals surface area contributed by atoms with Crippen LogP contribution in [0.1, 0.15) is 13.8 Å². The highest BCUT2D eigenvalue weighted by Gasteiger charge is 2.28. The highest BCUT2D eigenvalue weighted by molar-refractivity contribution is 7.99. The van der Waals surface area contributed by atoms with E-state index in [2.05, 4.69) is 4.90 Å². The van der Waals surface area contributed by atoms with Crippen molar-refractivity contribution in [1.29, 1.82) is 0 Å². The molecule has 0 aromatic heterocycles. The first-order valence-corrected chi connectivity index (χ1v) is 9.70. The van der Waals surface area contributed by atoms with E-state index in [4.69, 9.17) is 0 Å². The van der Waals surface area contributed by atoms with Gasteiger partial charge in [-0.2, -0.15) is 11.8 Å². The molecule has 1 fully saturated rings. The van der Waals surface area contributed by atoms with Gasteiger partial charge in [0.1, 0.15) is 9.84 Å². The van der Waals surface area contributed by atoms with Gasteiger partial charge in [0, 0.05) is 43.9 Å². The molecule has 0 saturated carbocycles. The van der Waals surface area contributed by atoms with Crippen molar-refractivity contribution in [3.8, 4) is 0 Å². The number of thioether (sulfide) groups is 1. The lowest BCUT2D eigenvalue weighted by atomic mass is 10.2. The lowest BCUT2D eigenvalue weighted by Gasteiger charge is -2.35. The molecule has 0 aromatic rings. The number of nitrogens with zero attached hydrogens (tertiary/aromatic N) is 2. The average molecular weight is 308 g/mol. The van der Waals surface area contributed by atoms with Crippen molar-refractivity contribution in [3.63, 3.8) is 0 Å². The molecule has 1 aliphatic heterocycles. The zero-order chi connectivity index (χ0) is 14.6. The van der Waals surface area contributed by atoms with E-state index in [9.17, 15) is 13.2 Å². The maximum absolute atomic E-state index is 12.4. The van der Waals surface area contributed by atoms with E-state index in [1.165, 1.54) is 6.26 Å². The van der Waals surface area contributed by atoms with Crippen molar-refractivity contribution in [2.75, 3.05) is 43.7 Å². The van der Waals surface area contributed by atoms with Crippen LogP contribution >= 0.6 is 11.8 Å². The number of amides is 1. The first-order valence-electron chi connectivity index (χ1n) is 6.48. The van der Waals surface area contributed by atoms with E-state index < -0.39 is 9.84 Å². The van der Waals surface area contributed by atoms with Crippen molar-refractivity contribution >= 4 is 27.5 Å². The van der Waals surface area contributed by atoms with Gasteiger partial charge in [-0.1, -0.05) is 0 Å². The minimum Gasteiger partial charge on any atom is -0.341 e. The van der Waals surface area contributed by atoms with Crippen molar-refractivity contribution in [1.82, 2.24) is 9.80 Å². The third kappa shape index (κ3) is 5.31. The molecule has 0 unspecified atom stereocenters. The van der Waals surface area contributed by atoms with E-state index in [1.807, 2.05) is 18.7 Å². The Morgan fingerprint density at radius 3 is 2.32 bits per heavy atom. The Morgan fingerprint density at radius 2 is 1.84 bits per heavy atom. The maximum Gasteiger partial charge on any atom is 0.239 e. The SMILES string of the molecule is C[C@H](C(=O)N(C)[C@@H](C)CS(C)(=O)=O)N1CCSCC1. The predicted molar refractivity (Wildman–Crippen MR) is 80.3 cm³/mol. The molecule has 19 heavy (non-hydrogen) atoms. The molecule has 1 aliphatic rings. The fourth-order valence-corrected chi connectivity index (χ4v) is 4.21. The molecule has 0 bridgehead atoms. The molecule has 112 valence electrons. The summed E-state index contributed by atoms with van der Waals surface area (Å²) in [6.45, 7) is 5.53. The van der Waals surface area contributed by atoms with Crippen LogP contribution in [0.3, 0.4) is 0 Å². The molecule has 1 rings (SSSR count). The Labute approximate surface area is 120 Å². The highest BCUT2D eigenvalue weighted by Crippen LogP contribution is 2.14. The molecule has 2 atom stereocenters. The van der Waals surface area contributed by atoms with Crippen molar-refractivity contribution in [2.45, 2.75) is 25.9 Å². The Hall–Kier alpha value is -0.270. The Balaban J connectivity index is 2.59. The van der Waals surface area contributed by atoms with Crippen molar-refractivity contribution in [3.05, 3.63) is 0 Å². The zero-order valence-electron chi connectivity index (χ0n) is 12.1. The summed E-state index contributed by atoms with van der Waals surface area (Å²) in [5.41, 5.74) is 0. The van der Waals surface area contributed by atoms with Gasteiger partial charge in [-0.15, -0.1) is 0 Å². The summed E-state index contributed by atoms with van der Waals surface area (Å²) in [4.78, 5) is 16.1. The molecule has 1 heterocycles. The smallest absolute Gasteiger partial charge is 0.239 e. The van der Waals surface area contributed by atoms with E-state index in [1.54, 1.807) is 18.9 Å².